The van der Waals surface area contributed by atoms with E-state index in [1.807, 2.05) is 0 Å². The third-order valence-corrected chi connectivity index (χ3v) is 1.03. The first-order valence-corrected chi connectivity index (χ1v) is 3.21. The molecule has 0 saturated carbocycles. The molecule has 1 aromatic rings. The number of nitrogens with zero attached hydrogens (tertiary/aromatic N) is 2. The molecule has 0 radical (unpaired) electrons. The normalized spacial score (nSPS) is 10.0. The van der Waals surface area contributed by atoms with E-state index in [0.717, 1.165) is 6.21 Å². The molecule has 0 saturated heterocycles. The van der Waals surface area contributed by atoms with Crippen molar-refractivity contribution in [2.24, 2.45) is 5.10 Å². The summed E-state index contributed by atoms with van der Waals surface area (Å²) in [4.78, 5) is 13.8. The third-order valence-electron chi connectivity index (χ3n) is 1.03. The van der Waals surface area contributed by atoms with E-state index >= 15 is 0 Å². The Bertz CT molecular complexity index is 284. The van der Waals surface area contributed by atoms with E-state index in [1.54, 1.807) is 24.5 Å². The highest BCUT2D eigenvalue weighted by Crippen LogP contribution is 2.00. The van der Waals surface area contributed by atoms with Crippen LogP contribution < -0.4 is 5.43 Å². The van der Waals surface area contributed by atoms with Crippen molar-refractivity contribution in [3.8, 4) is 0 Å². The Morgan fingerprint density at radius 1 is 1.75 bits per heavy atom. The van der Waals surface area contributed by atoms with Crippen LogP contribution in [0.4, 0.5) is 5.69 Å². The maximum atomic E-state index is 9.98. The van der Waals surface area contributed by atoms with Crippen LogP contribution in [0, 0.1) is 0 Å². The lowest BCUT2D eigenvalue weighted by atomic mass is 10.4. The zero-order valence-corrected chi connectivity index (χ0v) is 6.14. The van der Waals surface area contributed by atoms with E-state index in [9.17, 15) is 4.79 Å². The van der Waals surface area contributed by atoms with Crippen molar-refractivity contribution < 1.29 is 9.90 Å². The Balaban J connectivity index is 2.49. The van der Waals surface area contributed by atoms with Crippen LogP contribution >= 0.6 is 0 Å². The van der Waals surface area contributed by atoms with Crippen LogP contribution in [-0.4, -0.2) is 22.3 Å². The lowest BCUT2D eigenvalue weighted by Crippen LogP contribution is -1.98. The molecular formula is C7H7N3O2. The summed E-state index contributed by atoms with van der Waals surface area (Å²) in [7, 11) is 0. The van der Waals surface area contributed by atoms with Crippen molar-refractivity contribution >= 4 is 17.9 Å². The van der Waals surface area contributed by atoms with E-state index in [0.29, 0.717) is 5.69 Å². The molecule has 0 bridgehead atoms. The fourth-order valence-corrected chi connectivity index (χ4v) is 0.591. The number of nitrogens with one attached hydrogen (secondary N) is 1. The van der Waals surface area contributed by atoms with Gasteiger partial charge in [0, 0.05) is 6.20 Å². The minimum Gasteiger partial charge on any atom is -0.477 e. The Morgan fingerprint density at radius 3 is 3.17 bits per heavy atom. The van der Waals surface area contributed by atoms with Crippen LogP contribution in [0.3, 0.4) is 0 Å². The number of hydrogen-bond donors (Lipinski definition) is 2. The number of hydrogen-bond acceptors (Lipinski definition) is 4. The van der Waals surface area contributed by atoms with Crippen molar-refractivity contribution in [2.75, 3.05) is 5.43 Å². The highest BCUT2D eigenvalue weighted by atomic mass is 16.4. The maximum Gasteiger partial charge on any atom is 0.348 e. The zero-order valence-electron chi connectivity index (χ0n) is 6.14. The SMILES string of the molecule is O=C(O)C=NNc1cccnc1. The van der Waals surface area contributed by atoms with Gasteiger partial charge in [0.05, 0.1) is 11.9 Å². The molecule has 1 aromatic heterocycles. The van der Waals surface area contributed by atoms with E-state index in [1.165, 1.54) is 0 Å². The summed E-state index contributed by atoms with van der Waals surface area (Å²) in [6, 6.07) is 3.45. The first-order chi connectivity index (χ1) is 5.79. The summed E-state index contributed by atoms with van der Waals surface area (Å²) < 4.78 is 0. The van der Waals surface area contributed by atoms with Crippen LogP contribution in [-0.2, 0) is 4.79 Å². The van der Waals surface area contributed by atoms with Gasteiger partial charge in [0.25, 0.3) is 0 Å². The molecule has 0 aliphatic heterocycles. The number of rotatable bonds is 3. The monoisotopic (exact) mass is 165 g/mol. The molecule has 0 fully saturated rings. The van der Waals surface area contributed by atoms with E-state index in [4.69, 9.17) is 5.11 Å². The number of carboxylic acid groups (broad SMARTS) is 1. The van der Waals surface area contributed by atoms with Crippen LogP contribution in [0.5, 0.6) is 0 Å². The highest BCUT2D eigenvalue weighted by molar-refractivity contribution is 6.22. The van der Waals surface area contributed by atoms with Crippen molar-refractivity contribution in [3.05, 3.63) is 24.5 Å². The summed E-state index contributed by atoms with van der Waals surface area (Å²) in [6.07, 6.45) is 3.93. The number of pyridine rings is 1. The highest BCUT2D eigenvalue weighted by Gasteiger charge is 1.87. The maximum absolute atomic E-state index is 9.98. The minimum atomic E-state index is -1.09. The van der Waals surface area contributed by atoms with Crippen molar-refractivity contribution in [2.45, 2.75) is 0 Å². The van der Waals surface area contributed by atoms with Gasteiger partial charge in [0.1, 0.15) is 6.21 Å². The minimum absolute atomic E-state index is 0.648. The first kappa shape index (κ1) is 8.19. The fraction of sp³-hybridized carbons (Fsp3) is 0. The van der Waals surface area contributed by atoms with Gasteiger partial charge < -0.3 is 5.11 Å². The number of aromatic nitrogens is 1. The smallest absolute Gasteiger partial charge is 0.348 e. The van der Waals surface area contributed by atoms with Crippen LogP contribution in [0.1, 0.15) is 0 Å². The molecule has 0 spiro atoms. The Morgan fingerprint density at radius 2 is 2.58 bits per heavy atom. The van der Waals surface area contributed by atoms with E-state index in [-0.39, 0.29) is 0 Å². The quantitative estimate of drug-likeness (QED) is 0.507. The fourth-order valence-electron chi connectivity index (χ4n) is 0.591. The molecule has 1 heterocycles. The molecule has 0 aliphatic rings. The van der Waals surface area contributed by atoms with Crippen LogP contribution in [0.25, 0.3) is 0 Å². The van der Waals surface area contributed by atoms with Gasteiger partial charge in [0.15, 0.2) is 0 Å². The molecule has 5 heteroatoms. The van der Waals surface area contributed by atoms with Gasteiger partial charge in [0.2, 0.25) is 0 Å². The molecule has 0 aromatic carbocycles. The van der Waals surface area contributed by atoms with Gasteiger partial charge in [-0.3, -0.25) is 10.4 Å². The second-order valence-electron chi connectivity index (χ2n) is 1.95. The molecule has 0 amide bonds. The number of aliphatic carboxylic acids is 1. The molecule has 0 atom stereocenters. The number of carbonyl (C=O) groups is 1. The zero-order chi connectivity index (χ0) is 8.81. The van der Waals surface area contributed by atoms with E-state index in [2.05, 4.69) is 15.5 Å². The summed E-state index contributed by atoms with van der Waals surface area (Å²) in [5.41, 5.74) is 3.15. The molecule has 0 aliphatic carbocycles. The van der Waals surface area contributed by atoms with Gasteiger partial charge >= 0.3 is 5.97 Å². The number of hydrazone groups is 1. The van der Waals surface area contributed by atoms with Crippen LogP contribution in [0.15, 0.2) is 29.6 Å². The van der Waals surface area contributed by atoms with Gasteiger partial charge in [-0.15, -0.1) is 0 Å². The largest absolute Gasteiger partial charge is 0.477 e. The summed E-state index contributed by atoms with van der Waals surface area (Å²) >= 11 is 0. The van der Waals surface area contributed by atoms with Crippen molar-refractivity contribution in [3.63, 3.8) is 0 Å². The summed E-state index contributed by atoms with van der Waals surface area (Å²) in [6.45, 7) is 0. The Labute approximate surface area is 68.8 Å². The Kier molecular flexibility index (Phi) is 2.78. The second-order valence-corrected chi connectivity index (χ2v) is 1.95. The third kappa shape index (κ3) is 2.78. The topological polar surface area (TPSA) is 74.6 Å². The molecular weight excluding hydrogens is 158 g/mol. The average Bonchev–Trinajstić information content (AvgIpc) is 2.05. The van der Waals surface area contributed by atoms with Gasteiger partial charge in [-0.05, 0) is 12.1 Å². The van der Waals surface area contributed by atoms with Crippen LogP contribution in [0.2, 0.25) is 0 Å². The Hall–Kier alpha value is -1.91. The lowest BCUT2D eigenvalue weighted by Gasteiger charge is -1.95. The molecule has 2 N–H and O–H groups in total. The predicted octanol–water partition coefficient (Wildman–Crippen LogP) is 0.564. The summed E-state index contributed by atoms with van der Waals surface area (Å²) in [5, 5.41) is 11.6. The van der Waals surface area contributed by atoms with Gasteiger partial charge in [-0.25, -0.2) is 4.79 Å². The molecule has 62 valence electrons. The molecule has 12 heavy (non-hydrogen) atoms. The average molecular weight is 165 g/mol. The molecule has 5 nitrogen and oxygen atoms in total. The number of anilines is 1. The number of carboxylic acids is 1. The predicted molar refractivity (Wildman–Crippen MR) is 44.0 cm³/mol. The lowest BCUT2D eigenvalue weighted by molar-refractivity contribution is -0.128. The van der Waals surface area contributed by atoms with Crippen molar-refractivity contribution in [1.29, 1.82) is 0 Å². The first-order valence-electron chi connectivity index (χ1n) is 3.21. The standard InChI is InChI=1S/C7H7N3O2/c11-7(12)5-9-10-6-2-1-3-8-4-6/h1-5,10H,(H,11,12). The molecule has 0 unspecified atom stereocenters. The van der Waals surface area contributed by atoms with Gasteiger partial charge in [-0.1, -0.05) is 0 Å². The van der Waals surface area contributed by atoms with Crippen molar-refractivity contribution in [1.82, 2.24) is 4.98 Å². The van der Waals surface area contributed by atoms with E-state index < -0.39 is 5.97 Å². The summed E-state index contributed by atoms with van der Waals surface area (Å²) in [5.74, 6) is -1.09. The second kappa shape index (κ2) is 4.07. The molecule has 1 rings (SSSR count). The van der Waals surface area contributed by atoms with Gasteiger partial charge in [-0.2, -0.15) is 5.10 Å².